The molecule has 0 spiro atoms. The van der Waals surface area contributed by atoms with Crippen molar-refractivity contribution in [3.8, 4) is 0 Å². The Morgan fingerprint density at radius 2 is 1.80 bits per heavy atom. The predicted molar refractivity (Wildman–Crippen MR) is 67.4 cm³/mol. The maximum Gasteiger partial charge on any atom is 0.0522 e. The van der Waals surface area contributed by atoms with Crippen molar-refractivity contribution in [1.29, 1.82) is 0 Å². The van der Waals surface area contributed by atoms with Gasteiger partial charge >= 0.3 is 0 Å². The summed E-state index contributed by atoms with van der Waals surface area (Å²) >= 11 is 6.16. The zero-order valence-electron chi connectivity index (χ0n) is 9.39. The molecule has 1 heteroatoms. The second-order valence-electron chi connectivity index (χ2n) is 4.48. The standard InChI is InChI=1S/C14H17Cl/c1-10-6-11(2)8-13(7-10)12-4-3-5-14(15)9-12/h6-9,14H,3-5H2,1-2H3. The van der Waals surface area contributed by atoms with E-state index in [2.05, 4.69) is 38.1 Å². The van der Waals surface area contributed by atoms with E-state index in [0.29, 0.717) is 0 Å². The van der Waals surface area contributed by atoms with Crippen LogP contribution in [0.3, 0.4) is 0 Å². The molecule has 0 fully saturated rings. The lowest BCUT2D eigenvalue weighted by molar-refractivity contribution is 0.747. The first-order chi connectivity index (χ1) is 7.15. The van der Waals surface area contributed by atoms with E-state index in [0.717, 1.165) is 6.42 Å². The molecule has 1 unspecified atom stereocenters. The molecule has 1 aliphatic rings. The van der Waals surface area contributed by atoms with E-state index < -0.39 is 0 Å². The van der Waals surface area contributed by atoms with E-state index in [1.807, 2.05) is 0 Å². The molecule has 0 bridgehead atoms. The van der Waals surface area contributed by atoms with Crippen LogP contribution >= 0.6 is 11.6 Å². The van der Waals surface area contributed by atoms with Crippen molar-refractivity contribution in [2.75, 3.05) is 0 Å². The summed E-state index contributed by atoms with van der Waals surface area (Å²) in [5.74, 6) is 0. The SMILES string of the molecule is Cc1cc(C)cc(C2=CC(Cl)CCC2)c1. The molecule has 1 aromatic carbocycles. The van der Waals surface area contributed by atoms with Crippen LogP contribution in [0.1, 0.15) is 36.0 Å². The van der Waals surface area contributed by atoms with Gasteiger partial charge in [0.15, 0.2) is 0 Å². The Labute approximate surface area is 97.0 Å². The van der Waals surface area contributed by atoms with E-state index in [4.69, 9.17) is 11.6 Å². The van der Waals surface area contributed by atoms with Crippen molar-refractivity contribution >= 4 is 17.2 Å². The van der Waals surface area contributed by atoms with Crippen LogP contribution in [0.4, 0.5) is 0 Å². The maximum absolute atomic E-state index is 6.16. The molecule has 0 N–H and O–H groups in total. The summed E-state index contributed by atoms with van der Waals surface area (Å²) in [5, 5.41) is 0.231. The maximum atomic E-state index is 6.16. The summed E-state index contributed by atoms with van der Waals surface area (Å²) in [4.78, 5) is 0. The average Bonchev–Trinajstić information content (AvgIpc) is 2.16. The van der Waals surface area contributed by atoms with E-state index in [1.54, 1.807) is 0 Å². The van der Waals surface area contributed by atoms with Gasteiger partial charge in [0.2, 0.25) is 0 Å². The van der Waals surface area contributed by atoms with Gasteiger partial charge in [0.05, 0.1) is 5.38 Å². The molecule has 0 heterocycles. The summed E-state index contributed by atoms with van der Waals surface area (Å²) in [5.41, 5.74) is 5.45. The van der Waals surface area contributed by atoms with E-state index in [-0.39, 0.29) is 5.38 Å². The van der Waals surface area contributed by atoms with Crippen molar-refractivity contribution in [3.63, 3.8) is 0 Å². The molecular formula is C14H17Cl. The highest BCUT2D eigenvalue weighted by atomic mass is 35.5. The molecule has 0 radical (unpaired) electrons. The fourth-order valence-corrected chi connectivity index (χ4v) is 2.58. The lowest BCUT2D eigenvalue weighted by atomic mass is 9.92. The number of hydrogen-bond acceptors (Lipinski definition) is 0. The van der Waals surface area contributed by atoms with Crippen LogP contribution < -0.4 is 0 Å². The van der Waals surface area contributed by atoms with E-state index in [9.17, 15) is 0 Å². The molecule has 0 aliphatic heterocycles. The fraction of sp³-hybridized carbons (Fsp3) is 0.429. The smallest absolute Gasteiger partial charge is 0.0522 e. The Bertz CT molecular complexity index is 370. The normalized spacial score (nSPS) is 21.3. The molecule has 1 aromatic rings. The van der Waals surface area contributed by atoms with Gasteiger partial charge in [0.1, 0.15) is 0 Å². The fourth-order valence-electron chi connectivity index (χ4n) is 2.27. The average molecular weight is 221 g/mol. The molecule has 0 saturated carbocycles. The second-order valence-corrected chi connectivity index (χ2v) is 5.04. The quantitative estimate of drug-likeness (QED) is 0.613. The topological polar surface area (TPSA) is 0 Å². The highest BCUT2D eigenvalue weighted by molar-refractivity contribution is 6.22. The van der Waals surface area contributed by atoms with Gasteiger partial charge in [-0.25, -0.2) is 0 Å². The zero-order chi connectivity index (χ0) is 10.8. The molecule has 0 aromatic heterocycles. The second kappa shape index (κ2) is 4.40. The lowest BCUT2D eigenvalue weighted by Gasteiger charge is -2.17. The Kier molecular flexibility index (Phi) is 3.16. The lowest BCUT2D eigenvalue weighted by Crippen LogP contribution is -2.03. The van der Waals surface area contributed by atoms with Gasteiger partial charge in [-0.05, 0) is 44.2 Å². The molecule has 1 aliphatic carbocycles. The molecule has 80 valence electrons. The first-order valence-corrected chi connectivity index (χ1v) is 6.02. The minimum atomic E-state index is 0.231. The Hall–Kier alpha value is -0.750. The van der Waals surface area contributed by atoms with Crippen LogP contribution in [0.2, 0.25) is 0 Å². The summed E-state index contributed by atoms with van der Waals surface area (Å²) in [6.07, 6.45) is 5.73. The van der Waals surface area contributed by atoms with Crippen LogP contribution in [0, 0.1) is 13.8 Å². The Morgan fingerprint density at radius 3 is 2.40 bits per heavy atom. The van der Waals surface area contributed by atoms with Gasteiger partial charge in [0.25, 0.3) is 0 Å². The van der Waals surface area contributed by atoms with Gasteiger partial charge in [-0.3, -0.25) is 0 Å². The van der Waals surface area contributed by atoms with Crippen LogP contribution in [-0.4, -0.2) is 5.38 Å². The highest BCUT2D eigenvalue weighted by Gasteiger charge is 2.12. The van der Waals surface area contributed by atoms with Crippen molar-refractivity contribution in [3.05, 3.63) is 41.0 Å². The summed E-state index contributed by atoms with van der Waals surface area (Å²) < 4.78 is 0. The van der Waals surface area contributed by atoms with E-state index in [1.165, 1.54) is 35.1 Å². The monoisotopic (exact) mass is 220 g/mol. The minimum Gasteiger partial charge on any atom is -0.118 e. The van der Waals surface area contributed by atoms with Crippen molar-refractivity contribution in [1.82, 2.24) is 0 Å². The number of halogens is 1. The largest absolute Gasteiger partial charge is 0.118 e. The summed E-state index contributed by atoms with van der Waals surface area (Å²) in [6, 6.07) is 6.73. The minimum absolute atomic E-state index is 0.231. The number of alkyl halides is 1. The van der Waals surface area contributed by atoms with Crippen molar-refractivity contribution in [2.45, 2.75) is 38.5 Å². The molecular weight excluding hydrogens is 204 g/mol. The summed E-state index contributed by atoms with van der Waals surface area (Å²) in [7, 11) is 0. The summed E-state index contributed by atoms with van der Waals surface area (Å²) in [6.45, 7) is 4.30. The van der Waals surface area contributed by atoms with Crippen LogP contribution in [0.5, 0.6) is 0 Å². The third kappa shape index (κ3) is 2.63. The number of rotatable bonds is 1. The van der Waals surface area contributed by atoms with Crippen LogP contribution in [0.15, 0.2) is 24.3 Å². The molecule has 0 nitrogen and oxygen atoms in total. The van der Waals surface area contributed by atoms with Gasteiger partial charge < -0.3 is 0 Å². The third-order valence-electron chi connectivity index (χ3n) is 2.90. The van der Waals surface area contributed by atoms with Gasteiger partial charge in [0, 0.05) is 0 Å². The number of aryl methyl sites for hydroxylation is 2. The highest BCUT2D eigenvalue weighted by Crippen LogP contribution is 2.30. The predicted octanol–water partition coefficient (Wildman–Crippen LogP) is 4.48. The van der Waals surface area contributed by atoms with Crippen molar-refractivity contribution < 1.29 is 0 Å². The van der Waals surface area contributed by atoms with Gasteiger partial charge in [-0.2, -0.15) is 0 Å². The number of benzene rings is 1. The molecule has 0 amide bonds. The Balaban J connectivity index is 2.36. The number of hydrogen-bond donors (Lipinski definition) is 0. The van der Waals surface area contributed by atoms with E-state index >= 15 is 0 Å². The first kappa shape index (κ1) is 10.8. The van der Waals surface area contributed by atoms with Crippen LogP contribution in [0.25, 0.3) is 5.57 Å². The molecule has 1 atom stereocenters. The van der Waals surface area contributed by atoms with Crippen LogP contribution in [-0.2, 0) is 0 Å². The zero-order valence-corrected chi connectivity index (χ0v) is 10.1. The van der Waals surface area contributed by atoms with Crippen molar-refractivity contribution in [2.24, 2.45) is 0 Å². The third-order valence-corrected chi connectivity index (χ3v) is 3.24. The Morgan fingerprint density at radius 1 is 1.13 bits per heavy atom. The van der Waals surface area contributed by atoms with Gasteiger partial charge in [-0.1, -0.05) is 35.4 Å². The molecule has 15 heavy (non-hydrogen) atoms. The first-order valence-electron chi connectivity index (χ1n) is 5.58. The molecule has 0 saturated heterocycles. The molecule has 2 rings (SSSR count). The number of allylic oxidation sites excluding steroid dienone is 2. The van der Waals surface area contributed by atoms with Gasteiger partial charge in [-0.15, -0.1) is 11.6 Å².